The first-order valence-electron chi connectivity index (χ1n) is 6.70. The lowest BCUT2D eigenvalue weighted by atomic mass is 10.00. The van der Waals surface area contributed by atoms with Gasteiger partial charge in [0.15, 0.2) is 0 Å². The van der Waals surface area contributed by atoms with Gasteiger partial charge in [-0.2, -0.15) is 0 Å². The number of benzene rings is 1. The SMILES string of the molecule is CCOC(=O)C(NCCOC)c1cc(C)c(O)c(C)c1. The average molecular weight is 281 g/mol. The molecule has 5 heteroatoms. The Morgan fingerprint density at radius 3 is 2.45 bits per heavy atom. The summed E-state index contributed by atoms with van der Waals surface area (Å²) in [7, 11) is 1.61. The summed E-state index contributed by atoms with van der Waals surface area (Å²) in [5.74, 6) is -0.0682. The molecule has 5 nitrogen and oxygen atoms in total. The summed E-state index contributed by atoms with van der Waals surface area (Å²) in [6.07, 6.45) is 0. The minimum atomic E-state index is -0.553. The van der Waals surface area contributed by atoms with Crippen LogP contribution in [0.15, 0.2) is 12.1 Å². The molecule has 0 heterocycles. The molecule has 1 aromatic rings. The summed E-state index contributed by atoms with van der Waals surface area (Å²) in [6.45, 7) is 6.77. The van der Waals surface area contributed by atoms with E-state index in [0.29, 0.717) is 19.8 Å². The van der Waals surface area contributed by atoms with E-state index in [9.17, 15) is 9.90 Å². The Morgan fingerprint density at radius 2 is 1.95 bits per heavy atom. The number of nitrogens with one attached hydrogen (secondary N) is 1. The van der Waals surface area contributed by atoms with Gasteiger partial charge in [-0.25, -0.2) is 4.79 Å². The van der Waals surface area contributed by atoms with Crippen LogP contribution in [0.2, 0.25) is 0 Å². The van der Waals surface area contributed by atoms with E-state index < -0.39 is 6.04 Å². The minimum absolute atomic E-state index is 0.258. The lowest BCUT2D eigenvalue weighted by Gasteiger charge is -2.19. The summed E-state index contributed by atoms with van der Waals surface area (Å²) >= 11 is 0. The van der Waals surface area contributed by atoms with Crippen molar-refractivity contribution < 1.29 is 19.4 Å². The molecule has 0 aliphatic carbocycles. The van der Waals surface area contributed by atoms with Crippen LogP contribution < -0.4 is 5.32 Å². The maximum atomic E-state index is 12.1. The third-order valence-corrected chi connectivity index (χ3v) is 3.02. The van der Waals surface area contributed by atoms with Crippen molar-refractivity contribution in [1.29, 1.82) is 0 Å². The fourth-order valence-electron chi connectivity index (χ4n) is 2.02. The monoisotopic (exact) mass is 281 g/mol. The fraction of sp³-hybridized carbons (Fsp3) is 0.533. The quantitative estimate of drug-likeness (QED) is 0.590. The van der Waals surface area contributed by atoms with Crippen LogP contribution in [-0.2, 0) is 14.3 Å². The first-order valence-corrected chi connectivity index (χ1v) is 6.70. The number of hydrogen-bond donors (Lipinski definition) is 2. The first kappa shape index (κ1) is 16.5. The van der Waals surface area contributed by atoms with Crippen molar-refractivity contribution in [2.45, 2.75) is 26.8 Å². The number of carbonyl (C=O) groups is 1. The van der Waals surface area contributed by atoms with Crippen LogP contribution in [0, 0.1) is 13.8 Å². The van der Waals surface area contributed by atoms with Gasteiger partial charge in [0.1, 0.15) is 11.8 Å². The average Bonchev–Trinajstić information content (AvgIpc) is 2.40. The summed E-state index contributed by atoms with van der Waals surface area (Å²) in [4.78, 5) is 12.1. The summed E-state index contributed by atoms with van der Waals surface area (Å²) in [5, 5.41) is 12.9. The zero-order valence-electron chi connectivity index (χ0n) is 12.5. The molecule has 0 fully saturated rings. The van der Waals surface area contributed by atoms with Gasteiger partial charge < -0.3 is 14.6 Å². The molecule has 1 aromatic carbocycles. The maximum absolute atomic E-state index is 12.1. The zero-order valence-corrected chi connectivity index (χ0v) is 12.5. The second-order valence-corrected chi connectivity index (χ2v) is 4.64. The summed E-state index contributed by atoms with van der Waals surface area (Å²) in [5.41, 5.74) is 2.26. The van der Waals surface area contributed by atoms with Gasteiger partial charge in [-0.1, -0.05) is 12.1 Å². The number of ether oxygens (including phenoxy) is 2. The number of rotatable bonds is 7. The fourth-order valence-corrected chi connectivity index (χ4v) is 2.02. The van der Waals surface area contributed by atoms with Gasteiger partial charge >= 0.3 is 5.97 Å². The topological polar surface area (TPSA) is 67.8 Å². The highest BCUT2D eigenvalue weighted by atomic mass is 16.5. The highest BCUT2D eigenvalue weighted by molar-refractivity contribution is 5.78. The minimum Gasteiger partial charge on any atom is -0.507 e. The molecule has 1 rings (SSSR count). The molecule has 20 heavy (non-hydrogen) atoms. The predicted octanol–water partition coefficient (Wildman–Crippen LogP) is 1.85. The van der Waals surface area contributed by atoms with Gasteiger partial charge in [0, 0.05) is 13.7 Å². The molecule has 0 aromatic heterocycles. The maximum Gasteiger partial charge on any atom is 0.327 e. The standard InChI is InChI=1S/C15H23NO4/c1-5-20-15(18)13(16-6-7-19-4)12-8-10(2)14(17)11(3)9-12/h8-9,13,16-17H,5-7H2,1-4H3. The summed E-state index contributed by atoms with van der Waals surface area (Å²) < 4.78 is 10.1. The van der Waals surface area contributed by atoms with E-state index in [1.165, 1.54) is 0 Å². The van der Waals surface area contributed by atoms with E-state index in [1.54, 1.807) is 26.2 Å². The molecule has 2 N–H and O–H groups in total. The molecule has 0 aliphatic heterocycles. The van der Waals surface area contributed by atoms with Crippen LogP contribution >= 0.6 is 0 Å². The molecule has 0 saturated carbocycles. The van der Waals surface area contributed by atoms with Gasteiger partial charge in [0.05, 0.1) is 13.2 Å². The molecule has 112 valence electrons. The Labute approximate surface area is 119 Å². The Morgan fingerprint density at radius 1 is 1.35 bits per heavy atom. The van der Waals surface area contributed by atoms with Gasteiger partial charge in [-0.15, -0.1) is 0 Å². The van der Waals surface area contributed by atoms with E-state index in [2.05, 4.69) is 5.32 Å². The van der Waals surface area contributed by atoms with E-state index in [0.717, 1.165) is 16.7 Å². The first-order chi connectivity index (χ1) is 9.51. The number of aryl methyl sites for hydroxylation is 2. The van der Waals surface area contributed by atoms with E-state index in [4.69, 9.17) is 9.47 Å². The number of methoxy groups -OCH3 is 1. The van der Waals surface area contributed by atoms with Crippen molar-refractivity contribution in [3.05, 3.63) is 28.8 Å². The Hall–Kier alpha value is -1.59. The van der Waals surface area contributed by atoms with E-state index >= 15 is 0 Å². The van der Waals surface area contributed by atoms with Crippen molar-refractivity contribution in [1.82, 2.24) is 5.32 Å². The number of aromatic hydroxyl groups is 1. The smallest absolute Gasteiger partial charge is 0.327 e. The van der Waals surface area contributed by atoms with Crippen molar-refractivity contribution in [2.75, 3.05) is 26.9 Å². The van der Waals surface area contributed by atoms with Gasteiger partial charge in [-0.05, 0) is 37.5 Å². The normalized spacial score (nSPS) is 12.2. The van der Waals surface area contributed by atoms with Crippen LogP contribution in [0.5, 0.6) is 5.75 Å². The molecular weight excluding hydrogens is 258 g/mol. The Balaban J connectivity index is 2.99. The number of hydrogen-bond acceptors (Lipinski definition) is 5. The Bertz CT molecular complexity index is 436. The third-order valence-electron chi connectivity index (χ3n) is 3.02. The second-order valence-electron chi connectivity index (χ2n) is 4.64. The van der Waals surface area contributed by atoms with Crippen molar-refractivity contribution in [3.63, 3.8) is 0 Å². The summed E-state index contributed by atoms with van der Waals surface area (Å²) in [6, 6.07) is 3.04. The lowest BCUT2D eigenvalue weighted by molar-refractivity contribution is -0.145. The van der Waals surface area contributed by atoms with Crippen molar-refractivity contribution in [2.24, 2.45) is 0 Å². The number of carbonyl (C=O) groups excluding carboxylic acids is 1. The molecular formula is C15H23NO4. The molecule has 0 aliphatic rings. The van der Waals surface area contributed by atoms with Crippen LogP contribution in [0.3, 0.4) is 0 Å². The van der Waals surface area contributed by atoms with Gasteiger partial charge in [0.25, 0.3) is 0 Å². The molecule has 0 radical (unpaired) electrons. The third kappa shape index (κ3) is 4.21. The van der Waals surface area contributed by atoms with Crippen LogP contribution in [0.4, 0.5) is 0 Å². The van der Waals surface area contributed by atoms with E-state index in [1.807, 2.05) is 13.8 Å². The molecule has 0 bridgehead atoms. The lowest BCUT2D eigenvalue weighted by Crippen LogP contribution is -2.32. The zero-order chi connectivity index (χ0) is 15.1. The largest absolute Gasteiger partial charge is 0.507 e. The molecule has 0 amide bonds. The number of phenols is 1. The van der Waals surface area contributed by atoms with E-state index in [-0.39, 0.29) is 11.7 Å². The van der Waals surface area contributed by atoms with Gasteiger partial charge in [0.2, 0.25) is 0 Å². The van der Waals surface area contributed by atoms with Crippen molar-refractivity contribution >= 4 is 5.97 Å². The molecule has 0 saturated heterocycles. The molecule has 1 unspecified atom stereocenters. The van der Waals surface area contributed by atoms with Crippen molar-refractivity contribution in [3.8, 4) is 5.75 Å². The number of esters is 1. The van der Waals surface area contributed by atoms with Gasteiger partial charge in [-0.3, -0.25) is 5.32 Å². The number of phenolic OH excluding ortho intramolecular Hbond substituents is 1. The predicted molar refractivity (Wildman–Crippen MR) is 76.8 cm³/mol. The molecule has 0 spiro atoms. The highest BCUT2D eigenvalue weighted by Gasteiger charge is 2.22. The second kappa shape index (κ2) is 7.87. The van der Waals surface area contributed by atoms with Crippen LogP contribution in [-0.4, -0.2) is 37.9 Å². The van der Waals surface area contributed by atoms with Crippen LogP contribution in [0.25, 0.3) is 0 Å². The highest BCUT2D eigenvalue weighted by Crippen LogP contribution is 2.26. The van der Waals surface area contributed by atoms with Crippen LogP contribution in [0.1, 0.15) is 29.7 Å². The molecule has 1 atom stereocenters. The Kier molecular flexibility index (Phi) is 6.48.